The summed E-state index contributed by atoms with van der Waals surface area (Å²) in [6.45, 7) is 5.41. The van der Waals surface area contributed by atoms with Crippen molar-refractivity contribution in [2.45, 2.75) is 39.0 Å². The molecule has 2 aliphatic heterocycles. The highest BCUT2D eigenvalue weighted by molar-refractivity contribution is 5.96. The first-order valence-electron chi connectivity index (χ1n) is 10.1. The topological polar surface area (TPSA) is 59.1 Å². The van der Waals surface area contributed by atoms with Crippen LogP contribution in [0.25, 0.3) is 0 Å². The molecule has 4 rings (SSSR count). The fourth-order valence-corrected chi connectivity index (χ4v) is 4.33. The van der Waals surface area contributed by atoms with Gasteiger partial charge in [-0.15, -0.1) is 0 Å². The molecule has 0 bridgehead atoms. The lowest BCUT2D eigenvalue weighted by Gasteiger charge is -2.37. The smallest absolute Gasteiger partial charge is 0.254 e. The van der Waals surface area contributed by atoms with Crippen LogP contribution in [-0.2, 0) is 4.79 Å². The number of nitrogens with zero attached hydrogens (tertiary/aromatic N) is 2. The van der Waals surface area contributed by atoms with Gasteiger partial charge in [-0.25, -0.2) is 0 Å². The number of amides is 2. The Balaban J connectivity index is 1.39. The average molecular weight is 372 g/mol. The van der Waals surface area contributed by atoms with E-state index < -0.39 is 0 Å². The molecule has 0 spiro atoms. The monoisotopic (exact) mass is 372 g/mol. The van der Waals surface area contributed by atoms with Crippen molar-refractivity contribution in [1.82, 2.24) is 9.80 Å². The van der Waals surface area contributed by atoms with E-state index in [1.54, 1.807) is 6.07 Å². The Morgan fingerprint density at radius 2 is 1.48 bits per heavy atom. The summed E-state index contributed by atoms with van der Waals surface area (Å²) in [7, 11) is 0. The van der Waals surface area contributed by atoms with E-state index in [4.69, 9.17) is 9.47 Å². The van der Waals surface area contributed by atoms with Crippen LogP contribution in [0.5, 0.6) is 11.5 Å². The van der Waals surface area contributed by atoms with E-state index in [1.807, 2.05) is 22.8 Å². The zero-order chi connectivity index (χ0) is 18.8. The standard InChI is InChI=1S/C21H28N2O4/c1-15-13-18-19(27-12-11-26-18)14-17(15)21(25)23-9-7-22(8-10-23)20(24)16-5-3-2-4-6-16/h13-14,16H,2-12H2,1H3. The lowest BCUT2D eigenvalue weighted by molar-refractivity contribution is -0.138. The average Bonchev–Trinajstić information content (AvgIpc) is 2.73. The second kappa shape index (κ2) is 7.79. The van der Waals surface area contributed by atoms with E-state index in [9.17, 15) is 9.59 Å². The van der Waals surface area contributed by atoms with Gasteiger partial charge >= 0.3 is 0 Å². The molecule has 6 nitrogen and oxygen atoms in total. The van der Waals surface area contributed by atoms with Gasteiger partial charge < -0.3 is 19.3 Å². The second-order valence-electron chi connectivity index (χ2n) is 7.76. The highest BCUT2D eigenvalue weighted by Gasteiger charge is 2.30. The van der Waals surface area contributed by atoms with Gasteiger partial charge in [0.15, 0.2) is 11.5 Å². The molecule has 2 fully saturated rings. The normalized spacial score (nSPS) is 20.5. The fourth-order valence-electron chi connectivity index (χ4n) is 4.33. The molecule has 2 amide bonds. The van der Waals surface area contributed by atoms with Gasteiger partial charge in [-0.05, 0) is 37.5 Å². The van der Waals surface area contributed by atoms with Crippen molar-refractivity contribution in [3.05, 3.63) is 23.3 Å². The summed E-state index contributed by atoms with van der Waals surface area (Å²) in [6, 6.07) is 3.68. The number of fused-ring (bicyclic) bond motifs is 1. The summed E-state index contributed by atoms with van der Waals surface area (Å²) in [5.74, 6) is 1.84. The molecular formula is C21H28N2O4. The third-order valence-electron chi connectivity index (χ3n) is 5.95. The molecule has 1 saturated carbocycles. The van der Waals surface area contributed by atoms with Crippen molar-refractivity contribution in [3.8, 4) is 11.5 Å². The van der Waals surface area contributed by atoms with E-state index in [-0.39, 0.29) is 17.7 Å². The maximum Gasteiger partial charge on any atom is 0.254 e. The van der Waals surface area contributed by atoms with Gasteiger partial charge in [-0.2, -0.15) is 0 Å². The van der Waals surface area contributed by atoms with Crippen molar-refractivity contribution in [2.24, 2.45) is 5.92 Å². The number of piperazine rings is 1. The van der Waals surface area contributed by atoms with Crippen LogP contribution in [-0.4, -0.2) is 61.0 Å². The molecule has 27 heavy (non-hydrogen) atoms. The van der Waals surface area contributed by atoms with Gasteiger partial charge in [0, 0.05) is 37.7 Å². The van der Waals surface area contributed by atoms with Crippen LogP contribution in [0.1, 0.15) is 48.0 Å². The number of hydrogen-bond donors (Lipinski definition) is 0. The van der Waals surface area contributed by atoms with Crippen LogP contribution in [0.4, 0.5) is 0 Å². The van der Waals surface area contributed by atoms with E-state index in [2.05, 4.69) is 0 Å². The maximum absolute atomic E-state index is 13.0. The summed E-state index contributed by atoms with van der Waals surface area (Å²) in [5.41, 5.74) is 1.55. The second-order valence-corrected chi connectivity index (χ2v) is 7.76. The Morgan fingerprint density at radius 1 is 0.889 bits per heavy atom. The molecule has 1 aliphatic carbocycles. The van der Waals surface area contributed by atoms with E-state index >= 15 is 0 Å². The van der Waals surface area contributed by atoms with Gasteiger partial charge in [-0.3, -0.25) is 9.59 Å². The quantitative estimate of drug-likeness (QED) is 0.801. The minimum Gasteiger partial charge on any atom is -0.486 e. The Hall–Kier alpha value is -2.24. The van der Waals surface area contributed by atoms with Crippen molar-refractivity contribution in [1.29, 1.82) is 0 Å². The number of benzene rings is 1. The van der Waals surface area contributed by atoms with Gasteiger partial charge in [0.05, 0.1) is 0 Å². The molecule has 2 heterocycles. The molecule has 3 aliphatic rings. The molecule has 0 N–H and O–H groups in total. The first-order valence-corrected chi connectivity index (χ1v) is 10.1. The Morgan fingerprint density at radius 3 is 2.15 bits per heavy atom. The van der Waals surface area contributed by atoms with E-state index in [0.29, 0.717) is 56.5 Å². The summed E-state index contributed by atoms with van der Waals surface area (Å²) in [6.07, 6.45) is 5.63. The van der Waals surface area contributed by atoms with E-state index in [0.717, 1.165) is 31.2 Å². The third kappa shape index (κ3) is 3.75. The molecule has 0 aromatic heterocycles. The number of carbonyl (C=O) groups is 2. The molecule has 146 valence electrons. The third-order valence-corrected chi connectivity index (χ3v) is 5.95. The molecule has 6 heteroatoms. The van der Waals surface area contributed by atoms with Crippen LogP contribution in [0.3, 0.4) is 0 Å². The number of carbonyl (C=O) groups excluding carboxylic acids is 2. The van der Waals surface area contributed by atoms with Crippen LogP contribution in [0.2, 0.25) is 0 Å². The Kier molecular flexibility index (Phi) is 5.23. The van der Waals surface area contributed by atoms with Gasteiger partial charge in [0.2, 0.25) is 5.91 Å². The lowest BCUT2D eigenvalue weighted by Crippen LogP contribution is -2.52. The van der Waals surface area contributed by atoms with E-state index in [1.165, 1.54) is 6.42 Å². The minimum absolute atomic E-state index is 0.00855. The Labute approximate surface area is 160 Å². The summed E-state index contributed by atoms with van der Waals surface area (Å²) < 4.78 is 11.2. The van der Waals surface area contributed by atoms with Gasteiger partial charge in [0.1, 0.15) is 13.2 Å². The zero-order valence-corrected chi connectivity index (χ0v) is 16.0. The maximum atomic E-state index is 13.0. The molecule has 0 atom stereocenters. The molecular weight excluding hydrogens is 344 g/mol. The number of ether oxygens (including phenoxy) is 2. The summed E-state index contributed by atoms with van der Waals surface area (Å²) >= 11 is 0. The van der Waals surface area contributed by atoms with Crippen LogP contribution in [0.15, 0.2) is 12.1 Å². The number of hydrogen-bond acceptors (Lipinski definition) is 4. The molecule has 0 unspecified atom stereocenters. The minimum atomic E-state index is 0.00855. The fraction of sp³-hybridized carbons (Fsp3) is 0.619. The van der Waals surface area contributed by atoms with Crippen molar-refractivity contribution in [2.75, 3.05) is 39.4 Å². The Bertz CT molecular complexity index is 719. The van der Waals surface area contributed by atoms with Crippen LogP contribution in [0, 0.1) is 12.8 Å². The predicted molar refractivity (Wildman–Crippen MR) is 101 cm³/mol. The highest BCUT2D eigenvalue weighted by atomic mass is 16.6. The van der Waals surface area contributed by atoms with Gasteiger partial charge in [0.25, 0.3) is 5.91 Å². The first-order chi connectivity index (χ1) is 13.1. The summed E-state index contributed by atoms with van der Waals surface area (Å²) in [5, 5.41) is 0. The van der Waals surface area contributed by atoms with Gasteiger partial charge in [-0.1, -0.05) is 19.3 Å². The molecule has 1 aromatic rings. The molecule has 1 saturated heterocycles. The summed E-state index contributed by atoms with van der Waals surface area (Å²) in [4.78, 5) is 29.5. The van der Waals surface area contributed by atoms with Crippen molar-refractivity contribution < 1.29 is 19.1 Å². The SMILES string of the molecule is Cc1cc2c(cc1C(=O)N1CCN(C(=O)C3CCCCC3)CC1)OCCO2. The largest absolute Gasteiger partial charge is 0.486 e. The molecule has 1 aromatic carbocycles. The van der Waals surface area contributed by atoms with Crippen molar-refractivity contribution >= 4 is 11.8 Å². The predicted octanol–water partition coefficient (Wildman–Crippen LogP) is 2.63. The zero-order valence-electron chi connectivity index (χ0n) is 16.0. The number of rotatable bonds is 2. The van der Waals surface area contributed by atoms with Crippen molar-refractivity contribution in [3.63, 3.8) is 0 Å². The lowest BCUT2D eigenvalue weighted by atomic mass is 9.88. The molecule has 0 radical (unpaired) electrons. The van der Waals surface area contributed by atoms with Crippen LogP contribution < -0.4 is 9.47 Å². The first kappa shape index (κ1) is 18.1. The van der Waals surface area contributed by atoms with Crippen LogP contribution >= 0.6 is 0 Å². The highest BCUT2D eigenvalue weighted by Crippen LogP contribution is 2.33. The number of aryl methyl sites for hydroxylation is 1.